The molecule has 0 spiro atoms. The second-order valence-electron chi connectivity index (χ2n) is 13.2. The van der Waals surface area contributed by atoms with E-state index in [1.807, 2.05) is 68.6 Å². The standard InChI is InChI=1S/C41H41ClN6O3S2/c1-28-37(27-49)40(41(45(28)2)29-11-13-31(42)14-12-29)30-7-6-8-34(25-30)47-23-21-46(22-24-47)33-17-15-32(16-18-33)43-53-36-19-20-38(39(26-36)48(50)51)44-52-35-9-4-3-5-10-35/h3-18,25-27,36,38,43-44H,19-24H2,1-2H3. The summed E-state index contributed by atoms with van der Waals surface area (Å²) in [7, 11) is 2.00. The summed E-state index contributed by atoms with van der Waals surface area (Å²) in [4.78, 5) is 29.9. The molecule has 0 radical (unpaired) electrons. The molecular weight excluding hydrogens is 724 g/mol. The van der Waals surface area contributed by atoms with Crippen molar-refractivity contribution in [2.45, 2.75) is 36.0 Å². The monoisotopic (exact) mass is 764 g/mol. The van der Waals surface area contributed by atoms with E-state index in [2.05, 4.69) is 72.3 Å². The molecule has 272 valence electrons. The van der Waals surface area contributed by atoms with Crippen molar-refractivity contribution < 1.29 is 9.72 Å². The van der Waals surface area contributed by atoms with Crippen molar-refractivity contribution in [1.82, 2.24) is 9.29 Å². The lowest BCUT2D eigenvalue weighted by Gasteiger charge is -2.37. The van der Waals surface area contributed by atoms with Gasteiger partial charge in [-0.3, -0.25) is 14.9 Å². The molecule has 2 N–H and O–H groups in total. The fourth-order valence-electron chi connectivity index (χ4n) is 7.07. The van der Waals surface area contributed by atoms with Gasteiger partial charge in [-0.25, -0.2) is 4.72 Å². The fraction of sp³-hybridized carbons (Fsp3) is 0.244. The van der Waals surface area contributed by atoms with Crippen LogP contribution < -0.4 is 19.2 Å². The number of rotatable bonds is 12. The van der Waals surface area contributed by atoms with Crippen LogP contribution in [-0.2, 0) is 7.05 Å². The zero-order valence-corrected chi connectivity index (χ0v) is 32.0. The van der Waals surface area contributed by atoms with Gasteiger partial charge in [-0.05, 0) is 115 Å². The predicted octanol–water partition coefficient (Wildman–Crippen LogP) is 9.51. The SMILES string of the molecule is Cc1c(C=O)c(-c2cccc(N3CCN(c4ccc(NSC5C=C([N+](=O)[O-])C(NSc6ccccc6)CC5)cc4)CC3)c2)c(-c2ccc(Cl)cc2)n1C. The van der Waals surface area contributed by atoms with Crippen molar-refractivity contribution in [3.05, 3.63) is 141 Å². The van der Waals surface area contributed by atoms with Crippen molar-refractivity contribution in [2.24, 2.45) is 7.05 Å². The van der Waals surface area contributed by atoms with E-state index in [9.17, 15) is 14.9 Å². The molecule has 12 heteroatoms. The molecule has 1 aromatic heterocycles. The summed E-state index contributed by atoms with van der Waals surface area (Å²) in [5.41, 5.74) is 9.07. The summed E-state index contributed by atoms with van der Waals surface area (Å²) < 4.78 is 8.80. The Bertz CT molecular complexity index is 2100. The minimum Gasteiger partial charge on any atom is -0.368 e. The molecule has 1 saturated heterocycles. The van der Waals surface area contributed by atoms with E-state index >= 15 is 0 Å². The number of nitro groups is 1. The van der Waals surface area contributed by atoms with Crippen molar-refractivity contribution in [3.8, 4) is 22.4 Å². The zero-order chi connectivity index (χ0) is 36.9. The van der Waals surface area contributed by atoms with Crippen LogP contribution in [0.2, 0.25) is 5.02 Å². The third-order valence-electron chi connectivity index (χ3n) is 10.0. The van der Waals surface area contributed by atoms with Crippen molar-refractivity contribution in [2.75, 3.05) is 40.7 Å². The third kappa shape index (κ3) is 8.28. The maximum absolute atomic E-state index is 12.4. The van der Waals surface area contributed by atoms with Crippen molar-refractivity contribution in [1.29, 1.82) is 0 Å². The van der Waals surface area contributed by atoms with E-state index in [-0.39, 0.29) is 21.9 Å². The number of piperazine rings is 1. The summed E-state index contributed by atoms with van der Waals surface area (Å²) in [5, 5.41) is 12.6. The molecule has 4 aromatic carbocycles. The van der Waals surface area contributed by atoms with Crippen LogP contribution >= 0.6 is 35.5 Å². The summed E-state index contributed by atoms with van der Waals surface area (Å²) in [6, 6.07) is 34.2. The minimum absolute atomic E-state index is 0.00129. The van der Waals surface area contributed by atoms with Crippen molar-refractivity contribution in [3.63, 3.8) is 0 Å². The van der Waals surface area contributed by atoms with Gasteiger partial charge >= 0.3 is 0 Å². The van der Waals surface area contributed by atoms with Gasteiger partial charge < -0.3 is 19.1 Å². The molecule has 9 nitrogen and oxygen atoms in total. The lowest BCUT2D eigenvalue weighted by atomic mass is 9.97. The molecule has 5 aromatic rings. The topological polar surface area (TPSA) is 95.7 Å². The number of aromatic nitrogens is 1. The Labute approximate surface area is 323 Å². The van der Waals surface area contributed by atoms with Crippen LogP contribution in [0.3, 0.4) is 0 Å². The second-order valence-corrected chi connectivity index (χ2v) is 15.6. The van der Waals surface area contributed by atoms with Gasteiger partial charge in [0.1, 0.15) is 6.04 Å². The first kappa shape index (κ1) is 36.7. The van der Waals surface area contributed by atoms with E-state index in [0.29, 0.717) is 17.0 Å². The number of anilines is 3. The van der Waals surface area contributed by atoms with Gasteiger partial charge in [0.25, 0.3) is 5.70 Å². The molecule has 2 aliphatic rings. The molecule has 1 aliphatic heterocycles. The third-order valence-corrected chi connectivity index (χ3v) is 12.2. The first-order valence-electron chi connectivity index (χ1n) is 17.6. The Balaban J connectivity index is 0.961. The van der Waals surface area contributed by atoms with Crippen LogP contribution in [0.5, 0.6) is 0 Å². The Hall–Kier alpha value is -4.68. The fourth-order valence-corrected chi connectivity index (χ4v) is 8.89. The minimum atomic E-state index is -0.299. The summed E-state index contributed by atoms with van der Waals surface area (Å²) in [6.07, 6.45) is 4.28. The lowest BCUT2D eigenvalue weighted by Crippen LogP contribution is -2.46. The first-order valence-corrected chi connectivity index (χ1v) is 19.7. The van der Waals surface area contributed by atoms with Crippen LogP contribution in [0.1, 0.15) is 28.9 Å². The molecule has 53 heavy (non-hydrogen) atoms. The molecule has 0 bridgehead atoms. The lowest BCUT2D eigenvalue weighted by molar-refractivity contribution is -0.431. The number of carbonyl (C=O) groups excluding carboxylic acids is 1. The van der Waals surface area contributed by atoms with Crippen molar-refractivity contribution >= 4 is 58.8 Å². The van der Waals surface area contributed by atoms with E-state index < -0.39 is 0 Å². The van der Waals surface area contributed by atoms with E-state index in [0.717, 1.165) is 88.9 Å². The largest absolute Gasteiger partial charge is 0.368 e. The predicted molar refractivity (Wildman–Crippen MR) is 221 cm³/mol. The number of aldehydes is 1. The summed E-state index contributed by atoms with van der Waals surface area (Å²) in [5.74, 6) is 0. The van der Waals surface area contributed by atoms with Crippen LogP contribution in [0.25, 0.3) is 22.4 Å². The highest BCUT2D eigenvalue weighted by atomic mass is 35.5. The number of nitrogens with one attached hydrogen (secondary N) is 2. The number of carbonyl (C=O) groups is 1. The Morgan fingerprint density at radius 2 is 1.55 bits per heavy atom. The van der Waals surface area contributed by atoms with Crippen LogP contribution in [0, 0.1) is 17.0 Å². The molecule has 1 aliphatic carbocycles. The van der Waals surface area contributed by atoms with Crippen LogP contribution in [0.15, 0.2) is 120 Å². The van der Waals surface area contributed by atoms with E-state index in [1.165, 1.54) is 23.9 Å². The molecule has 2 heterocycles. The average molecular weight is 765 g/mol. The average Bonchev–Trinajstić information content (AvgIpc) is 3.46. The highest BCUT2D eigenvalue weighted by Gasteiger charge is 2.32. The van der Waals surface area contributed by atoms with Gasteiger partial charge in [-0.1, -0.05) is 54.1 Å². The highest BCUT2D eigenvalue weighted by molar-refractivity contribution is 8.01. The number of halogens is 1. The van der Waals surface area contributed by atoms with E-state index in [1.54, 1.807) is 6.08 Å². The maximum Gasteiger partial charge on any atom is 0.261 e. The number of hydrogen-bond donors (Lipinski definition) is 2. The second kappa shape index (κ2) is 16.6. The number of hydrogen-bond acceptors (Lipinski definition) is 9. The summed E-state index contributed by atoms with van der Waals surface area (Å²) in [6.45, 7) is 5.47. The Kier molecular flexibility index (Phi) is 11.5. The zero-order valence-electron chi connectivity index (χ0n) is 29.6. The molecule has 2 atom stereocenters. The van der Waals surface area contributed by atoms with Gasteiger partial charge in [0.2, 0.25) is 0 Å². The first-order chi connectivity index (χ1) is 25.8. The molecule has 2 unspecified atom stereocenters. The highest BCUT2D eigenvalue weighted by Crippen LogP contribution is 2.40. The molecule has 1 fully saturated rings. The number of benzene rings is 4. The normalized spacial score (nSPS) is 17.4. The molecular formula is C41H41ClN6O3S2. The van der Waals surface area contributed by atoms with Gasteiger partial charge in [0.05, 0.1) is 10.6 Å². The molecule has 0 saturated carbocycles. The molecule has 0 amide bonds. The van der Waals surface area contributed by atoms with Gasteiger partial charge in [-0.2, -0.15) is 0 Å². The van der Waals surface area contributed by atoms with E-state index in [4.69, 9.17) is 11.6 Å². The Morgan fingerprint density at radius 1 is 0.849 bits per heavy atom. The van der Waals surface area contributed by atoms with Gasteiger partial charge in [0, 0.05) is 88.4 Å². The summed E-state index contributed by atoms with van der Waals surface area (Å²) >= 11 is 9.16. The Morgan fingerprint density at radius 3 is 2.23 bits per heavy atom. The van der Waals surface area contributed by atoms with Crippen LogP contribution in [0.4, 0.5) is 17.1 Å². The smallest absolute Gasteiger partial charge is 0.261 e. The van der Waals surface area contributed by atoms with Gasteiger partial charge in [-0.15, -0.1) is 0 Å². The quantitative estimate of drug-likeness (QED) is 0.0558. The maximum atomic E-state index is 12.4. The van der Waals surface area contributed by atoms with Crippen LogP contribution in [-0.4, -0.2) is 53.2 Å². The molecule has 7 rings (SSSR count). The van der Waals surface area contributed by atoms with Gasteiger partial charge in [0.15, 0.2) is 6.29 Å². The number of nitrogens with zero attached hydrogens (tertiary/aromatic N) is 4.